The Morgan fingerprint density at radius 3 is 2.55 bits per heavy atom. The topological polar surface area (TPSA) is 55.2 Å². The normalized spacial score (nSPS) is 10.2. The Hall–Kier alpha value is -1.88. The molecule has 4 nitrogen and oxygen atoms in total. The Kier molecular flexibility index (Phi) is 5.12. The second kappa shape index (κ2) is 7.05. The second-order valence-corrected chi connectivity index (χ2v) is 5.29. The Labute approximate surface area is 126 Å². The molecular weight excluding hydrogens is 320 g/mol. The van der Waals surface area contributed by atoms with Gasteiger partial charge in [0.1, 0.15) is 0 Å². The highest BCUT2D eigenvalue weighted by Crippen LogP contribution is 2.27. The average molecular weight is 335 g/mol. The van der Waals surface area contributed by atoms with Crippen LogP contribution in [0.5, 0.6) is 0 Å². The van der Waals surface area contributed by atoms with Crippen molar-refractivity contribution in [1.82, 2.24) is 0 Å². The van der Waals surface area contributed by atoms with Crippen molar-refractivity contribution >= 4 is 27.3 Å². The van der Waals surface area contributed by atoms with Crippen LogP contribution in [-0.2, 0) is 6.42 Å². The minimum atomic E-state index is -0.399. The molecule has 0 radical (unpaired) electrons. The Bertz CT molecular complexity index is 588. The summed E-state index contributed by atoms with van der Waals surface area (Å²) in [5.41, 5.74) is 2.28. The van der Waals surface area contributed by atoms with Gasteiger partial charge in [-0.2, -0.15) is 0 Å². The first kappa shape index (κ1) is 14.5. The Morgan fingerprint density at radius 1 is 1.15 bits per heavy atom. The van der Waals surface area contributed by atoms with Gasteiger partial charge in [0.15, 0.2) is 0 Å². The number of hydrogen-bond acceptors (Lipinski definition) is 3. The van der Waals surface area contributed by atoms with E-state index in [0.29, 0.717) is 4.47 Å². The lowest BCUT2D eigenvalue weighted by molar-refractivity contribution is -0.384. The van der Waals surface area contributed by atoms with Crippen molar-refractivity contribution in [3.8, 4) is 0 Å². The van der Waals surface area contributed by atoms with E-state index in [-0.39, 0.29) is 5.69 Å². The van der Waals surface area contributed by atoms with E-state index < -0.39 is 4.92 Å². The highest BCUT2D eigenvalue weighted by atomic mass is 79.9. The molecule has 0 heterocycles. The molecule has 0 bridgehead atoms. The smallest absolute Gasteiger partial charge is 0.270 e. The molecule has 0 atom stereocenters. The highest BCUT2D eigenvalue weighted by Gasteiger charge is 2.08. The lowest BCUT2D eigenvalue weighted by atomic mass is 10.1. The number of rotatable bonds is 6. The molecule has 104 valence electrons. The molecule has 0 saturated carbocycles. The summed E-state index contributed by atoms with van der Waals surface area (Å²) in [4.78, 5) is 10.2. The van der Waals surface area contributed by atoms with E-state index in [4.69, 9.17) is 0 Å². The monoisotopic (exact) mass is 334 g/mol. The van der Waals surface area contributed by atoms with E-state index in [1.165, 1.54) is 17.7 Å². The summed E-state index contributed by atoms with van der Waals surface area (Å²) >= 11 is 3.35. The maximum absolute atomic E-state index is 10.6. The van der Waals surface area contributed by atoms with E-state index >= 15 is 0 Å². The standard InChI is InChI=1S/C15H15BrN2O2/c16-14-11-13(18(19)20)8-9-15(14)17-10-4-7-12-5-2-1-3-6-12/h1-3,5-6,8-9,11,17H,4,7,10H2. The molecule has 0 fully saturated rings. The maximum atomic E-state index is 10.6. The molecular formula is C15H15BrN2O2. The molecule has 0 saturated heterocycles. The van der Waals surface area contributed by atoms with Crippen LogP contribution >= 0.6 is 15.9 Å². The van der Waals surface area contributed by atoms with Crippen LogP contribution in [0.25, 0.3) is 0 Å². The van der Waals surface area contributed by atoms with Gasteiger partial charge in [-0.3, -0.25) is 10.1 Å². The number of hydrogen-bond donors (Lipinski definition) is 1. The van der Waals surface area contributed by atoms with Gasteiger partial charge >= 0.3 is 0 Å². The quantitative estimate of drug-likeness (QED) is 0.483. The van der Waals surface area contributed by atoms with Gasteiger partial charge in [-0.15, -0.1) is 0 Å². The second-order valence-electron chi connectivity index (χ2n) is 4.44. The molecule has 2 rings (SSSR count). The van der Waals surface area contributed by atoms with Gasteiger partial charge in [-0.05, 0) is 40.4 Å². The molecule has 0 aliphatic carbocycles. The van der Waals surface area contributed by atoms with Crippen LogP contribution < -0.4 is 5.32 Å². The van der Waals surface area contributed by atoms with Gasteiger partial charge in [-0.1, -0.05) is 30.3 Å². The van der Waals surface area contributed by atoms with Crippen molar-refractivity contribution in [3.63, 3.8) is 0 Å². The number of nitro groups is 1. The van der Waals surface area contributed by atoms with Gasteiger partial charge in [0.25, 0.3) is 5.69 Å². The van der Waals surface area contributed by atoms with E-state index in [9.17, 15) is 10.1 Å². The Balaban J connectivity index is 1.84. The van der Waals surface area contributed by atoms with E-state index in [1.807, 2.05) is 18.2 Å². The lowest BCUT2D eigenvalue weighted by Crippen LogP contribution is -2.03. The SMILES string of the molecule is O=[N+]([O-])c1ccc(NCCCc2ccccc2)c(Br)c1. The van der Waals surface area contributed by atoms with Crippen LogP contribution in [0, 0.1) is 10.1 Å². The molecule has 5 heteroatoms. The zero-order chi connectivity index (χ0) is 14.4. The molecule has 2 aromatic carbocycles. The van der Waals surface area contributed by atoms with Gasteiger partial charge in [0.05, 0.1) is 4.92 Å². The van der Waals surface area contributed by atoms with E-state index in [1.54, 1.807) is 6.07 Å². The van der Waals surface area contributed by atoms with Crippen LogP contribution in [0.15, 0.2) is 53.0 Å². The summed E-state index contributed by atoms with van der Waals surface area (Å²) in [6.45, 7) is 0.825. The highest BCUT2D eigenvalue weighted by molar-refractivity contribution is 9.10. The van der Waals surface area contributed by atoms with Crippen molar-refractivity contribution in [3.05, 3.63) is 68.7 Å². The Morgan fingerprint density at radius 2 is 1.90 bits per heavy atom. The van der Waals surface area contributed by atoms with Gasteiger partial charge in [0, 0.05) is 28.8 Å². The summed E-state index contributed by atoms with van der Waals surface area (Å²) in [7, 11) is 0. The number of halogens is 1. The predicted octanol–water partition coefficient (Wildman–Crippen LogP) is 4.40. The third-order valence-electron chi connectivity index (χ3n) is 2.96. The third kappa shape index (κ3) is 4.06. The number of nitrogens with zero attached hydrogens (tertiary/aromatic N) is 1. The number of nitro benzene ring substituents is 1. The van der Waals surface area contributed by atoms with Gasteiger partial charge in [0.2, 0.25) is 0 Å². The molecule has 0 aromatic heterocycles. The fraction of sp³-hybridized carbons (Fsp3) is 0.200. The number of benzene rings is 2. The lowest BCUT2D eigenvalue weighted by Gasteiger charge is -2.08. The number of non-ortho nitro benzene ring substituents is 1. The number of nitrogens with one attached hydrogen (secondary N) is 1. The van der Waals surface area contributed by atoms with Crippen molar-refractivity contribution in [1.29, 1.82) is 0 Å². The molecule has 0 aliphatic heterocycles. The van der Waals surface area contributed by atoms with Crippen molar-refractivity contribution < 1.29 is 4.92 Å². The van der Waals surface area contributed by atoms with Crippen molar-refractivity contribution in [2.45, 2.75) is 12.8 Å². The maximum Gasteiger partial charge on any atom is 0.270 e. The van der Waals surface area contributed by atoms with Crippen LogP contribution in [0.1, 0.15) is 12.0 Å². The fourth-order valence-electron chi connectivity index (χ4n) is 1.92. The summed E-state index contributed by atoms with van der Waals surface area (Å²) < 4.78 is 0.714. The molecule has 0 amide bonds. The van der Waals surface area contributed by atoms with Gasteiger partial charge < -0.3 is 5.32 Å². The minimum Gasteiger partial charge on any atom is -0.384 e. The number of aryl methyl sites for hydroxylation is 1. The van der Waals surface area contributed by atoms with Crippen LogP contribution in [0.3, 0.4) is 0 Å². The van der Waals surface area contributed by atoms with E-state index in [2.05, 4.69) is 33.4 Å². The van der Waals surface area contributed by atoms with Crippen LogP contribution in [0.2, 0.25) is 0 Å². The zero-order valence-electron chi connectivity index (χ0n) is 10.9. The van der Waals surface area contributed by atoms with E-state index in [0.717, 1.165) is 25.1 Å². The molecule has 0 aliphatic rings. The molecule has 2 aromatic rings. The third-order valence-corrected chi connectivity index (χ3v) is 3.62. The first-order chi connectivity index (χ1) is 9.66. The molecule has 20 heavy (non-hydrogen) atoms. The fourth-order valence-corrected chi connectivity index (χ4v) is 2.43. The molecule has 1 N–H and O–H groups in total. The van der Waals surface area contributed by atoms with Gasteiger partial charge in [-0.25, -0.2) is 0 Å². The predicted molar refractivity (Wildman–Crippen MR) is 84.0 cm³/mol. The summed E-state index contributed by atoms with van der Waals surface area (Å²) in [6, 6.07) is 15.1. The van der Waals surface area contributed by atoms with Crippen molar-refractivity contribution in [2.75, 3.05) is 11.9 Å². The molecule has 0 unspecified atom stereocenters. The van der Waals surface area contributed by atoms with Crippen LogP contribution in [-0.4, -0.2) is 11.5 Å². The zero-order valence-corrected chi connectivity index (χ0v) is 12.5. The first-order valence-electron chi connectivity index (χ1n) is 6.38. The first-order valence-corrected chi connectivity index (χ1v) is 7.18. The van der Waals surface area contributed by atoms with Crippen LogP contribution in [0.4, 0.5) is 11.4 Å². The summed E-state index contributed by atoms with van der Waals surface area (Å²) in [5.74, 6) is 0. The number of anilines is 1. The summed E-state index contributed by atoms with van der Waals surface area (Å²) in [5, 5.41) is 13.9. The minimum absolute atomic E-state index is 0.0895. The summed E-state index contributed by atoms with van der Waals surface area (Å²) in [6.07, 6.45) is 2.02. The largest absolute Gasteiger partial charge is 0.384 e. The molecule has 0 spiro atoms. The average Bonchev–Trinajstić information content (AvgIpc) is 2.46. The van der Waals surface area contributed by atoms with Crippen molar-refractivity contribution in [2.24, 2.45) is 0 Å².